The van der Waals surface area contributed by atoms with E-state index in [0.717, 1.165) is 0 Å². The lowest BCUT2D eigenvalue weighted by molar-refractivity contribution is -0.0362. The number of carbonyl (C=O) groups is 1. The van der Waals surface area contributed by atoms with Crippen LogP contribution in [0.5, 0.6) is 5.75 Å². The van der Waals surface area contributed by atoms with Gasteiger partial charge in [0.25, 0.3) is 5.56 Å². The van der Waals surface area contributed by atoms with Crippen LogP contribution in [0.25, 0.3) is 0 Å². The van der Waals surface area contributed by atoms with Crippen molar-refractivity contribution in [1.29, 1.82) is 0 Å². The Morgan fingerprint density at radius 3 is 2.69 bits per heavy atom. The maximum absolute atomic E-state index is 12.1. The minimum absolute atomic E-state index is 0.0410. The molecule has 9 nitrogen and oxygen atoms in total. The third-order valence-electron chi connectivity index (χ3n) is 4.15. The number of nitrogens with two attached hydrogens (primary N) is 1. The normalized spacial score (nSPS) is 22.2. The average molecular weight is 361 g/mol. The Bertz CT molecular complexity index is 888. The molecule has 0 saturated carbocycles. The number of esters is 1. The maximum Gasteiger partial charge on any atom is 0.338 e. The number of nitrogens with zero attached hydrogens (tertiary/aromatic N) is 1. The molecular weight excluding hydrogens is 342 g/mol. The summed E-state index contributed by atoms with van der Waals surface area (Å²) in [5, 5.41) is 0. The Morgan fingerprint density at radius 2 is 2.04 bits per heavy atom. The van der Waals surface area contributed by atoms with Gasteiger partial charge in [0.15, 0.2) is 0 Å². The molecule has 26 heavy (non-hydrogen) atoms. The maximum atomic E-state index is 12.1. The van der Waals surface area contributed by atoms with Crippen LogP contribution in [0.1, 0.15) is 23.0 Å². The molecule has 1 aliphatic heterocycles. The van der Waals surface area contributed by atoms with Crippen LogP contribution in [0.3, 0.4) is 0 Å². The third-order valence-corrected chi connectivity index (χ3v) is 4.15. The van der Waals surface area contributed by atoms with E-state index >= 15 is 0 Å². The number of hydrogen-bond acceptors (Lipinski definition) is 7. The monoisotopic (exact) mass is 361 g/mol. The number of aromatic nitrogens is 2. The number of aromatic amines is 1. The van der Waals surface area contributed by atoms with E-state index in [2.05, 4.69) is 4.98 Å². The summed E-state index contributed by atoms with van der Waals surface area (Å²) in [5.41, 5.74) is 5.34. The minimum Gasteiger partial charge on any atom is -0.497 e. The van der Waals surface area contributed by atoms with Crippen molar-refractivity contribution in [2.75, 3.05) is 13.7 Å². The molecule has 1 saturated heterocycles. The molecule has 1 aliphatic rings. The van der Waals surface area contributed by atoms with Crippen molar-refractivity contribution in [3.05, 3.63) is 62.9 Å². The van der Waals surface area contributed by atoms with Gasteiger partial charge in [-0.1, -0.05) is 0 Å². The Hall–Kier alpha value is -2.91. The summed E-state index contributed by atoms with van der Waals surface area (Å²) < 4.78 is 17.3. The van der Waals surface area contributed by atoms with Crippen molar-refractivity contribution < 1.29 is 19.0 Å². The lowest BCUT2D eigenvalue weighted by Crippen LogP contribution is -2.34. The summed E-state index contributed by atoms with van der Waals surface area (Å²) in [6.07, 6.45) is 0.529. The largest absolute Gasteiger partial charge is 0.497 e. The van der Waals surface area contributed by atoms with Gasteiger partial charge in [-0.15, -0.1) is 0 Å². The number of rotatable bonds is 5. The molecule has 0 radical (unpaired) electrons. The Labute approximate surface area is 148 Å². The first-order valence-corrected chi connectivity index (χ1v) is 8.01. The smallest absolute Gasteiger partial charge is 0.338 e. The zero-order valence-corrected chi connectivity index (χ0v) is 14.1. The molecule has 0 aliphatic carbocycles. The van der Waals surface area contributed by atoms with Gasteiger partial charge in [-0.3, -0.25) is 14.3 Å². The number of hydrogen-bond donors (Lipinski definition) is 2. The van der Waals surface area contributed by atoms with Gasteiger partial charge >= 0.3 is 11.7 Å². The van der Waals surface area contributed by atoms with Crippen molar-refractivity contribution in [3.63, 3.8) is 0 Å². The van der Waals surface area contributed by atoms with E-state index in [1.54, 1.807) is 24.3 Å². The van der Waals surface area contributed by atoms with E-state index in [1.807, 2.05) is 0 Å². The van der Waals surface area contributed by atoms with Crippen LogP contribution in [0.4, 0.5) is 0 Å². The fourth-order valence-electron chi connectivity index (χ4n) is 2.71. The second-order valence-electron chi connectivity index (χ2n) is 5.87. The molecule has 1 fully saturated rings. The Kier molecular flexibility index (Phi) is 5.19. The number of nitrogens with one attached hydrogen (secondary N) is 1. The van der Waals surface area contributed by atoms with Gasteiger partial charge in [-0.2, -0.15) is 0 Å². The molecule has 0 unspecified atom stereocenters. The second kappa shape index (κ2) is 7.54. The van der Waals surface area contributed by atoms with Crippen molar-refractivity contribution in [2.45, 2.75) is 24.8 Å². The summed E-state index contributed by atoms with van der Waals surface area (Å²) in [6.45, 7) is -0.0410. The fourth-order valence-corrected chi connectivity index (χ4v) is 2.71. The number of methoxy groups -OCH3 is 1. The summed E-state index contributed by atoms with van der Waals surface area (Å²) in [6, 6.07) is 7.33. The Morgan fingerprint density at radius 1 is 1.31 bits per heavy atom. The number of ether oxygens (including phenoxy) is 3. The van der Waals surface area contributed by atoms with E-state index in [0.29, 0.717) is 17.7 Å². The topological polar surface area (TPSA) is 126 Å². The van der Waals surface area contributed by atoms with E-state index < -0.39 is 35.6 Å². The molecule has 138 valence electrons. The number of benzene rings is 1. The molecule has 2 aromatic rings. The highest BCUT2D eigenvalue weighted by Gasteiger charge is 2.35. The SMILES string of the molecule is COc1ccc(C(=O)OC[C@H]2O[C@@H](n3ccc(=O)[nH]c3=O)C[C@H]2N)cc1. The molecule has 2 heterocycles. The summed E-state index contributed by atoms with van der Waals surface area (Å²) >= 11 is 0. The van der Waals surface area contributed by atoms with Gasteiger partial charge < -0.3 is 19.9 Å². The Balaban J connectivity index is 1.60. The molecule has 1 aromatic heterocycles. The van der Waals surface area contributed by atoms with Crippen LogP contribution in [-0.4, -0.2) is 41.4 Å². The highest BCUT2D eigenvalue weighted by molar-refractivity contribution is 5.89. The van der Waals surface area contributed by atoms with Crippen LogP contribution in [-0.2, 0) is 9.47 Å². The van der Waals surface area contributed by atoms with Crippen LogP contribution < -0.4 is 21.7 Å². The van der Waals surface area contributed by atoms with Gasteiger partial charge in [-0.05, 0) is 24.3 Å². The van der Waals surface area contributed by atoms with Gasteiger partial charge in [-0.25, -0.2) is 9.59 Å². The van der Waals surface area contributed by atoms with Gasteiger partial charge in [0.1, 0.15) is 24.7 Å². The van der Waals surface area contributed by atoms with Gasteiger partial charge in [0, 0.05) is 24.7 Å². The molecule has 9 heteroatoms. The van der Waals surface area contributed by atoms with Crippen LogP contribution in [0.2, 0.25) is 0 Å². The zero-order valence-electron chi connectivity index (χ0n) is 14.1. The van der Waals surface area contributed by atoms with Crippen molar-refractivity contribution >= 4 is 5.97 Å². The summed E-state index contributed by atoms with van der Waals surface area (Å²) in [7, 11) is 1.54. The molecule has 3 N–H and O–H groups in total. The fraction of sp³-hybridized carbons (Fsp3) is 0.353. The minimum atomic E-state index is -0.626. The van der Waals surface area contributed by atoms with E-state index in [1.165, 1.54) is 23.9 Å². The van der Waals surface area contributed by atoms with Crippen LogP contribution in [0.15, 0.2) is 46.1 Å². The molecule has 0 bridgehead atoms. The summed E-state index contributed by atoms with van der Waals surface area (Å²) in [5.74, 6) is 0.130. The highest BCUT2D eigenvalue weighted by atomic mass is 16.6. The first-order chi connectivity index (χ1) is 12.5. The first-order valence-electron chi connectivity index (χ1n) is 8.01. The van der Waals surface area contributed by atoms with Crippen molar-refractivity contribution in [3.8, 4) is 5.75 Å². The quantitative estimate of drug-likeness (QED) is 0.719. The van der Waals surface area contributed by atoms with Crippen LogP contribution >= 0.6 is 0 Å². The highest BCUT2D eigenvalue weighted by Crippen LogP contribution is 2.26. The molecule has 1 aromatic carbocycles. The predicted molar refractivity (Wildman–Crippen MR) is 91.1 cm³/mol. The lowest BCUT2D eigenvalue weighted by atomic mass is 10.1. The zero-order chi connectivity index (χ0) is 18.7. The molecule has 0 amide bonds. The second-order valence-corrected chi connectivity index (χ2v) is 5.87. The van der Waals surface area contributed by atoms with E-state index in [-0.39, 0.29) is 6.61 Å². The van der Waals surface area contributed by atoms with Crippen LogP contribution in [0, 0.1) is 0 Å². The van der Waals surface area contributed by atoms with Gasteiger partial charge in [0.2, 0.25) is 0 Å². The van der Waals surface area contributed by atoms with Crippen molar-refractivity contribution in [2.24, 2.45) is 5.73 Å². The van der Waals surface area contributed by atoms with E-state index in [4.69, 9.17) is 19.9 Å². The molecule has 3 atom stereocenters. The predicted octanol–water partition coefficient (Wildman–Crippen LogP) is 0.0170. The lowest BCUT2D eigenvalue weighted by Gasteiger charge is -2.16. The van der Waals surface area contributed by atoms with Crippen molar-refractivity contribution in [1.82, 2.24) is 9.55 Å². The first kappa shape index (κ1) is 17.9. The van der Waals surface area contributed by atoms with E-state index in [9.17, 15) is 14.4 Å². The van der Waals surface area contributed by atoms with Gasteiger partial charge in [0.05, 0.1) is 12.7 Å². The third kappa shape index (κ3) is 3.84. The number of carbonyl (C=O) groups excluding carboxylic acids is 1. The molecule has 3 rings (SSSR count). The average Bonchev–Trinajstić information content (AvgIpc) is 3.00. The summed E-state index contributed by atoms with van der Waals surface area (Å²) in [4.78, 5) is 37.2. The number of H-pyrrole nitrogens is 1. The molecular formula is C17H19N3O6. The molecule has 0 spiro atoms. The standard InChI is InChI=1S/C17H19N3O6/c1-24-11-4-2-10(3-5-11)16(22)25-9-13-12(18)8-15(26-13)20-7-6-14(21)19-17(20)23/h2-7,12-13,15H,8-9,18H2,1H3,(H,19,21,23)/t12-,13-,15-/m1/s1.